The van der Waals surface area contributed by atoms with Crippen molar-refractivity contribution in [2.75, 3.05) is 11.9 Å². The first-order valence-electron chi connectivity index (χ1n) is 12.9. The Labute approximate surface area is 242 Å². The molecule has 4 unspecified atom stereocenters. The summed E-state index contributed by atoms with van der Waals surface area (Å²) >= 11 is 7.58. The van der Waals surface area contributed by atoms with Gasteiger partial charge in [0.05, 0.1) is 16.8 Å². The van der Waals surface area contributed by atoms with Crippen molar-refractivity contribution in [3.8, 4) is 0 Å². The molecule has 6 nitrogen and oxygen atoms in total. The maximum Gasteiger partial charge on any atom is 0.323 e. The third-order valence-corrected chi connectivity index (χ3v) is 8.21. The predicted octanol–water partition coefficient (Wildman–Crippen LogP) is 6.94. The second kappa shape index (κ2) is 12.3. The molecule has 0 aliphatic carbocycles. The summed E-state index contributed by atoms with van der Waals surface area (Å²) in [6.07, 6.45) is 1.58. The normalized spacial score (nSPS) is 20.1. The number of thiophene rings is 1. The van der Waals surface area contributed by atoms with Crippen molar-refractivity contribution >= 4 is 46.3 Å². The number of halogens is 1. The average Bonchev–Trinajstić information content (AvgIpc) is 3.64. The Bertz CT molecular complexity index is 1480. The van der Waals surface area contributed by atoms with Crippen molar-refractivity contribution in [2.24, 2.45) is 5.92 Å². The number of nitrogens with one attached hydrogen (secondary N) is 2. The molecule has 3 aromatic carbocycles. The van der Waals surface area contributed by atoms with Gasteiger partial charge in [0.25, 0.3) is 0 Å². The molecule has 40 heavy (non-hydrogen) atoms. The van der Waals surface area contributed by atoms with E-state index in [4.69, 9.17) is 11.6 Å². The van der Waals surface area contributed by atoms with Gasteiger partial charge in [0.1, 0.15) is 6.04 Å². The Morgan fingerprint density at radius 1 is 0.875 bits per heavy atom. The number of likely N-dealkylation sites (tertiary alicyclic amines) is 1. The van der Waals surface area contributed by atoms with E-state index < -0.39 is 30.0 Å². The SMILES string of the molecule is C=CCNC(=O)C1C(c2ccc(Cl)cc2)C(C(=O)c2cccs2)C(c2ccccc2)N1C(=O)Nc1ccccc1. The molecule has 1 aromatic heterocycles. The van der Waals surface area contributed by atoms with E-state index in [0.717, 1.165) is 11.1 Å². The van der Waals surface area contributed by atoms with E-state index in [9.17, 15) is 14.4 Å². The summed E-state index contributed by atoms with van der Waals surface area (Å²) in [6.45, 7) is 3.94. The molecule has 1 aliphatic heterocycles. The van der Waals surface area contributed by atoms with E-state index in [1.807, 2.05) is 72.1 Å². The van der Waals surface area contributed by atoms with Gasteiger partial charge in [-0.3, -0.25) is 9.59 Å². The summed E-state index contributed by atoms with van der Waals surface area (Å²) in [5, 5.41) is 8.23. The topological polar surface area (TPSA) is 78.5 Å². The molecule has 1 fully saturated rings. The van der Waals surface area contributed by atoms with Crippen LogP contribution in [0.15, 0.2) is 115 Å². The fraction of sp³-hybridized carbons (Fsp3) is 0.156. The zero-order valence-electron chi connectivity index (χ0n) is 21.6. The first kappa shape index (κ1) is 27.4. The molecule has 0 saturated carbocycles. The third kappa shape index (κ3) is 5.57. The quantitative estimate of drug-likeness (QED) is 0.178. The fourth-order valence-corrected chi connectivity index (χ4v) is 6.26. The van der Waals surface area contributed by atoms with Crippen molar-refractivity contribution < 1.29 is 14.4 Å². The number of rotatable bonds is 8. The molecule has 2 heterocycles. The largest absolute Gasteiger partial charge is 0.351 e. The molecule has 4 aromatic rings. The number of urea groups is 1. The molecule has 0 bridgehead atoms. The minimum Gasteiger partial charge on any atom is -0.351 e. The molecular formula is C32H28ClN3O3S. The lowest BCUT2D eigenvalue weighted by Gasteiger charge is -2.31. The van der Waals surface area contributed by atoms with Crippen LogP contribution in [0.3, 0.4) is 0 Å². The number of nitrogens with zero attached hydrogens (tertiary/aromatic N) is 1. The van der Waals surface area contributed by atoms with E-state index in [1.165, 1.54) is 16.2 Å². The van der Waals surface area contributed by atoms with Gasteiger partial charge < -0.3 is 15.5 Å². The lowest BCUT2D eigenvalue weighted by Crippen LogP contribution is -2.50. The monoisotopic (exact) mass is 569 g/mol. The van der Waals surface area contributed by atoms with Crippen molar-refractivity contribution in [3.05, 3.63) is 136 Å². The number of ketones is 1. The van der Waals surface area contributed by atoms with Gasteiger partial charge in [-0.05, 0) is 46.8 Å². The number of amides is 3. The summed E-state index contributed by atoms with van der Waals surface area (Å²) in [4.78, 5) is 44.5. The number of carbonyl (C=O) groups excluding carboxylic acids is 3. The van der Waals surface area contributed by atoms with Crippen LogP contribution in [0.2, 0.25) is 5.02 Å². The van der Waals surface area contributed by atoms with Gasteiger partial charge in [-0.2, -0.15) is 0 Å². The van der Waals surface area contributed by atoms with Crippen LogP contribution in [0.4, 0.5) is 10.5 Å². The molecular weight excluding hydrogens is 542 g/mol. The minimum atomic E-state index is -0.996. The number of anilines is 1. The van der Waals surface area contributed by atoms with Crippen LogP contribution >= 0.6 is 22.9 Å². The first-order valence-corrected chi connectivity index (χ1v) is 14.2. The van der Waals surface area contributed by atoms with Gasteiger partial charge in [-0.25, -0.2) is 4.79 Å². The molecule has 3 amide bonds. The second-order valence-electron chi connectivity index (χ2n) is 9.48. The van der Waals surface area contributed by atoms with E-state index in [-0.39, 0.29) is 18.2 Å². The Morgan fingerprint density at radius 3 is 2.17 bits per heavy atom. The molecule has 4 atom stereocenters. The molecule has 5 rings (SSSR count). The van der Waals surface area contributed by atoms with Crippen molar-refractivity contribution in [3.63, 3.8) is 0 Å². The Hall–Kier alpha value is -4.20. The van der Waals surface area contributed by atoms with Crippen molar-refractivity contribution in [1.29, 1.82) is 0 Å². The van der Waals surface area contributed by atoms with Gasteiger partial charge in [0.15, 0.2) is 5.78 Å². The molecule has 2 N–H and O–H groups in total. The smallest absolute Gasteiger partial charge is 0.323 e. The van der Waals surface area contributed by atoms with Crippen LogP contribution in [0.5, 0.6) is 0 Å². The van der Waals surface area contributed by atoms with Gasteiger partial charge in [0, 0.05) is 23.2 Å². The number of para-hydroxylation sites is 1. The molecule has 1 saturated heterocycles. The molecule has 8 heteroatoms. The van der Waals surface area contributed by atoms with E-state index in [0.29, 0.717) is 15.6 Å². The summed E-state index contributed by atoms with van der Waals surface area (Å²) < 4.78 is 0. The number of hydrogen-bond donors (Lipinski definition) is 2. The second-order valence-corrected chi connectivity index (χ2v) is 10.9. The van der Waals surface area contributed by atoms with Gasteiger partial charge in [-0.1, -0.05) is 84.4 Å². The molecule has 202 valence electrons. The van der Waals surface area contributed by atoms with Gasteiger partial charge in [-0.15, -0.1) is 17.9 Å². The zero-order chi connectivity index (χ0) is 28.1. The Kier molecular flexibility index (Phi) is 8.43. The fourth-order valence-electron chi connectivity index (χ4n) is 5.42. The lowest BCUT2D eigenvalue weighted by molar-refractivity contribution is -0.125. The maximum atomic E-state index is 14.3. The summed E-state index contributed by atoms with van der Waals surface area (Å²) in [6, 6.07) is 27.0. The maximum absolute atomic E-state index is 14.3. The van der Waals surface area contributed by atoms with Crippen LogP contribution in [-0.4, -0.2) is 35.2 Å². The highest BCUT2D eigenvalue weighted by molar-refractivity contribution is 7.12. The van der Waals surface area contributed by atoms with E-state index in [1.54, 1.807) is 36.4 Å². The minimum absolute atomic E-state index is 0.125. The predicted molar refractivity (Wildman–Crippen MR) is 160 cm³/mol. The number of hydrogen-bond acceptors (Lipinski definition) is 4. The number of Topliss-reactive ketones (excluding diaryl/α,β-unsaturated/α-hetero) is 1. The van der Waals surface area contributed by atoms with Gasteiger partial charge >= 0.3 is 6.03 Å². The first-order chi connectivity index (χ1) is 19.5. The average molecular weight is 570 g/mol. The number of carbonyl (C=O) groups is 3. The number of benzene rings is 3. The highest BCUT2D eigenvalue weighted by atomic mass is 35.5. The lowest BCUT2D eigenvalue weighted by atomic mass is 9.77. The van der Waals surface area contributed by atoms with Crippen LogP contribution in [0.1, 0.15) is 32.8 Å². The highest BCUT2D eigenvalue weighted by Crippen LogP contribution is 2.51. The summed E-state index contributed by atoms with van der Waals surface area (Å²) in [5.74, 6) is -1.89. The molecule has 0 spiro atoms. The summed E-state index contributed by atoms with van der Waals surface area (Å²) in [7, 11) is 0. The molecule has 1 aliphatic rings. The van der Waals surface area contributed by atoms with Crippen LogP contribution in [0.25, 0.3) is 0 Å². The summed E-state index contributed by atoms with van der Waals surface area (Å²) in [5.41, 5.74) is 2.09. The van der Waals surface area contributed by atoms with Crippen molar-refractivity contribution in [2.45, 2.75) is 18.0 Å². The molecule has 0 radical (unpaired) electrons. The zero-order valence-corrected chi connectivity index (χ0v) is 23.1. The van der Waals surface area contributed by atoms with E-state index >= 15 is 0 Å². The van der Waals surface area contributed by atoms with Crippen LogP contribution < -0.4 is 10.6 Å². The van der Waals surface area contributed by atoms with Gasteiger partial charge in [0.2, 0.25) is 5.91 Å². The Morgan fingerprint density at radius 2 is 1.55 bits per heavy atom. The third-order valence-electron chi connectivity index (χ3n) is 7.08. The van der Waals surface area contributed by atoms with E-state index in [2.05, 4.69) is 17.2 Å². The Balaban J connectivity index is 1.72. The van der Waals surface area contributed by atoms with Crippen LogP contribution in [-0.2, 0) is 4.79 Å². The highest BCUT2D eigenvalue weighted by Gasteiger charge is 2.57. The van der Waals surface area contributed by atoms with Crippen LogP contribution in [0, 0.1) is 5.92 Å². The van der Waals surface area contributed by atoms with Crippen molar-refractivity contribution in [1.82, 2.24) is 10.2 Å². The standard InChI is InChI=1S/C32H28ClN3O3S/c1-2-19-34-31(38)29-26(21-15-17-23(33)18-16-21)27(30(37)25-14-9-20-40-25)28(22-10-5-3-6-11-22)36(29)32(39)35-24-12-7-4-8-13-24/h2-18,20,26-29H,1,19H2,(H,34,38)(H,35,39).